The van der Waals surface area contributed by atoms with Gasteiger partial charge < -0.3 is 9.47 Å². The largest absolute Gasteiger partial charge is 0.493 e. The summed E-state index contributed by atoms with van der Waals surface area (Å²) in [5, 5.41) is 0. The normalized spacial score (nSPS) is 19.6. The van der Waals surface area contributed by atoms with Gasteiger partial charge in [0, 0.05) is 11.5 Å². The summed E-state index contributed by atoms with van der Waals surface area (Å²) < 4.78 is 11.1. The summed E-state index contributed by atoms with van der Waals surface area (Å²) in [5.74, 6) is 2.28. The first kappa shape index (κ1) is 18.6. The van der Waals surface area contributed by atoms with Gasteiger partial charge in [0.1, 0.15) is 0 Å². The summed E-state index contributed by atoms with van der Waals surface area (Å²) in [6, 6.07) is 4.24. The van der Waals surface area contributed by atoms with Crippen LogP contribution in [0.3, 0.4) is 0 Å². The molecule has 0 amide bonds. The van der Waals surface area contributed by atoms with Crippen LogP contribution in [0.1, 0.15) is 57.6 Å². The van der Waals surface area contributed by atoms with E-state index >= 15 is 0 Å². The molecule has 0 heterocycles. The highest BCUT2D eigenvalue weighted by molar-refractivity contribution is 5.93. The van der Waals surface area contributed by atoms with E-state index in [0.29, 0.717) is 5.92 Å². The number of methoxy groups -OCH3 is 2. The second kappa shape index (κ2) is 7.42. The molecule has 0 aliphatic heterocycles. The van der Waals surface area contributed by atoms with Crippen LogP contribution in [0.25, 0.3) is 0 Å². The minimum Gasteiger partial charge on any atom is -0.493 e. The average Bonchev–Trinajstić information content (AvgIpc) is 2.52. The fourth-order valence-corrected chi connectivity index (χ4v) is 3.59. The van der Waals surface area contributed by atoms with Gasteiger partial charge in [-0.05, 0) is 48.3 Å². The number of aryl methyl sites for hydroxylation is 1. The van der Waals surface area contributed by atoms with E-state index in [1.807, 2.05) is 12.1 Å². The highest BCUT2D eigenvalue weighted by Crippen LogP contribution is 2.40. The molecular formula is C21H30O3. The van der Waals surface area contributed by atoms with E-state index in [1.54, 1.807) is 20.3 Å². The van der Waals surface area contributed by atoms with Crippen LogP contribution in [-0.2, 0) is 11.2 Å². The lowest BCUT2D eigenvalue weighted by Gasteiger charge is -2.34. The number of allylic oxidation sites excluding steroid dienone is 2. The molecule has 1 aliphatic rings. The lowest BCUT2D eigenvalue weighted by Crippen LogP contribution is -2.33. The zero-order chi connectivity index (χ0) is 17.9. The molecule has 1 aromatic carbocycles. The minimum atomic E-state index is 0.0310. The van der Waals surface area contributed by atoms with Gasteiger partial charge in [-0.2, -0.15) is 0 Å². The van der Waals surface area contributed by atoms with Gasteiger partial charge in [-0.15, -0.1) is 0 Å². The van der Waals surface area contributed by atoms with Crippen LogP contribution in [0, 0.1) is 11.3 Å². The summed E-state index contributed by atoms with van der Waals surface area (Å²) >= 11 is 0. The summed E-state index contributed by atoms with van der Waals surface area (Å²) in [6.07, 6.45) is 6.46. The molecule has 1 atom stereocenters. The Labute approximate surface area is 146 Å². The fraction of sp³-hybridized carbons (Fsp3) is 0.571. The minimum absolute atomic E-state index is 0.0310. The van der Waals surface area contributed by atoms with Crippen molar-refractivity contribution in [2.24, 2.45) is 11.3 Å². The molecule has 1 unspecified atom stereocenters. The summed E-state index contributed by atoms with van der Waals surface area (Å²) in [5.41, 5.74) is 2.39. The van der Waals surface area contributed by atoms with Crippen LogP contribution in [0.4, 0.5) is 0 Å². The number of carbonyl (C=O) groups is 1. The first-order valence-electron chi connectivity index (χ1n) is 8.75. The summed E-state index contributed by atoms with van der Waals surface area (Å²) in [4.78, 5) is 12.3. The predicted molar refractivity (Wildman–Crippen MR) is 98.0 cm³/mol. The molecule has 0 saturated heterocycles. The number of rotatable bonds is 6. The number of ether oxygens (including phenoxy) is 2. The number of hydrogen-bond acceptors (Lipinski definition) is 3. The average molecular weight is 330 g/mol. The maximum absolute atomic E-state index is 12.3. The molecule has 0 radical (unpaired) electrons. The van der Waals surface area contributed by atoms with Crippen molar-refractivity contribution in [2.75, 3.05) is 14.2 Å². The van der Waals surface area contributed by atoms with E-state index in [9.17, 15) is 4.79 Å². The van der Waals surface area contributed by atoms with Crippen molar-refractivity contribution >= 4 is 5.78 Å². The SMILES string of the molecule is COc1cc(CCC2C(=O)C=CCC2(C)C)cc(C(C)C)c1OC. The number of hydrogen-bond donors (Lipinski definition) is 0. The third-order valence-electron chi connectivity index (χ3n) is 5.12. The van der Waals surface area contributed by atoms with Gasteiger partial charge in [0.25, 0.3) is 0 Å². The molecule has 0 bridgehead atoms. The van der Waals surface area contributed by atoms with Crippen molar-refractivity contribution in [2.45, 2.75) is 52.9 Å². The Kier molecular flexibility index (Phi) is 5.74. The Morgan fingerprint density at radius 3 is 2.46 bits per heavy atom. The van der Waals surface area contributed by atoms with Gasteiger partial charge in [0.15, 0.2) is 17.3 Å². The second-order valence-electron chi connectivity index (χ2n) is 7.66. The molecule has 24 heavy (non-hydrogen) atoms. The van der Waals surface area contributed by atoms with Gasteiger partial charge in [0.05, 0.1) is 14.2 Å². The Morgan fingerprint density at radius 1 is 1.21 bits per heavy atom. The lowest BCUT2D eigenvalue weighted by molar-refractivity contribution is -0.122. The topological polar surface area (TPSA) is 35.5 Å². The van der Waals surface area contributed by atoms with Crippen molar-refractivity contribution < 1.29 is 14.3 Å². The highest BCUT2D eigenvalue weighted by atomic mass is 16.5. The molecule has 0 saturated carbocycles. The molecule has 1 aromatic rings. The van der Waals surface area contributed by atoms with E-state index < -0.39 is 0 Å². The van der Waals surface area contributed by atoms with Crippen molar-refractivity contribution in [3.05, 3.63) is 35.4 Å². The van der Waals surface area contributed by atoms with E-state index in [4.69, 9.17) is 9.47 Å². The summed E-state index contributed by atoms with van der Waals surface area (Å²) in [6.45, 7) is 8.68. The molecule has 0 spiro atoms. The highest BCUT2D eigenvalue weighted by Gasteiger charge is 2.35. The van der Waals surface area contributed by atoms with Gasteiger partial charge in [0.2, 0.25) is 0 Å². The third kappa shape index (κ3) is 3.82. The third-order valence-corrected chi connectivity index (χ3v) is 5.12. The van der Waals surface area contributed by atoms with E-state index in [-0.39, 0.29) is 17.1 Å². The lowest BCUT2D eigenvalue weighted by atomic mass is 9.69. The monoisotopic (exact) mass is 330 g/mol. The van der Waals surface area contributed by atoms with Crippen LogP contribution in [0.2, 0.25) is 0 Å². The predicted octanol–water partition coefficient (Wildman–Crippen LogP) is 4.93. The van der Waals surface area contributed by atoms with Gasteiger partial charge >= 0.3 is 0 Å². The maximum Gasteiger partial charge on any atom is 0.164 e. The Balaban J connectivity index is 2.25. The van der Waals surface area contributed by atoms with Crippen molar-refractivity contribution in [1.29, 1.82) is 0 Å². The molecule has 0 fully saturated rings. The summed E-state index contributed by atoms with van der Waals surface area (Å²) in [7, 11) is 3.35. The Hall–Kier alpha value is -1.77. The molecule has 2 rings (SSSR count). The standard InChI is InChI=1S/C21H30O3/c1-14(2)16-12-15(13-19(23-5)20(16)24-6)9-10-17-18(22)8-7-11-21(17,3)4/h7-8,12-14,17H,9-11H2,1-6H3. The van der Waals surface area contributed by atoms with E-state index in [0.717, 1.165) is 36.3 Å². The van der Waals surface area contributed by atoms with Gasteiger partial charge in [-0.1, -0.05) is 39.8 Å². The van der Waals surface area contributed by atoms with Crippen LogP contribution in [0.15, 0.2) is 24.3 Å². The molecule has 1 aliphatic carbocycles. The van der Waals surface area contributed by atoms with Gasteiger partial charge in [-0.25, -0.2) is 0 Å². The maximum atomic E-state index is 12.3. The molecule has 3 nitrogen and oxygen atoms in total. The first-order chi connectivity index (χ1) is 11.3. The second-order valence-corrected chi connectivity index (χ2v) is 7.66. The van der Waals surface area contributed by atoms with Gasteiger partial charge in [-0.3, -0.25) is 4.79 Å². The van der Waals surface area contributed by atoms with E-state index in [1.165, 1.54) is 5.56 Å². The van der Waals surface area contributed by atoms with Crippen LogP contribution >= 0.6 is 0 Å². The first-order valence-corrected chi connectivity index (χ1v) is 8.75. The zero-order valence-corrected chi connectivity index (χ0v) is 15.8. The Morgan fingerprint density at radius 2 is 1.92 bits per heavy atom. The number of carbonyl (C=O) groups excluding carboxylic acids is 1. The van der Waals surface area contributed by atoms with Crippen LogP contribution < -0.4 is 9.47 Å². The fourth-order valence-electron chi connectivity index (χ4n) is 3.59. The van der Waals surface area contributed by atoms with Crippen LogP contribution in [-0.4, -0.2) is 20.0 Å². The van der Waals surface area contributed by atoms with E-state index in [2.05, 4.69) is 33.8 Å². The molecule has 3 heteroatoms. The molecule has 0 N–H and O–H groups in total. The Bertz CT molecular complexity index is 626. The van der Waals surface area contributed by atoms with Crippen molar-refractivity contribution in [1.82, 2.24) is 0 Å². The molecule has 132 valence electrons. The number of benzene rings is 1. The van der Waals surface area contributed by atoms with Crippen molar-refractivity contribution in [3.8, 4) is 11.5 Å². The zero-order valence-electron chi connectivity index (χ0n) is 15.8. The molecule has 0 aromatic heterocycles. The van der Waals surface area contributed by atoms with Crippen molar-refractivity contribution in [3.63, 3.8) is 0 Å². The smallest absolute Gasteiger partial charge is 0.164 e. The van der Waals surface area contributed by atoms with Crippen LogP contribution in [0.5, 0.6) is 11.5 Å². The molecular weight excluding hydrogens is 300 g/mol. The number of ketones is 1. The quantitative estimate of drug-likeness (QED) is 0.742.